The van der Waals surface area contributed by atoms with Crippen LogP contribution in [0, 0.1) is 0 Å². The predicted molar refractivity (Wildman–Crippen MR) is 75.8 cm³/mol. The van der Waals surface area contributed by atoms with Crippen molar-refractivity contribution in [1.29, 1.82) is 0 Å². The molecule has 0 aromatic carbocycles. The first-order valence-electron chi connectivity index (χ1n) is 5.46. The molecule has 0 saturated carbocycles. The van der Waals surface area contributed by atoms with Crippen LogP contribution in [0.25, 0.3) is 0 Å². The summed E-state index contributed by atoms with van der Waals surface area (Å²) >= 11 is 0. The maximum absolute atomic E-state index is 8.52. The molecule has 0 aromatic heterocycles. The van der Waals surface area contributed by atoms with Gasteiger partial charge in [-0.15, -0.1) is 24.0 Å². The normalized spacial score (nSPS) is 10.9. The van der Waals surface area contributed by atoms with Crippen LogP contribution in [0.4, 0.5) is 0 Å². The van der Waals surface area contributed by atoms with Gasteiger partial charge >= 0.3 is 0 Å². The van der Waals surface area contributed by atoms with E-state index in [1.165, 1.54) is 19.3 Å². The van der Waals surface area contributed by atoms with Crippen molar-refractivity contribution in [2.24, 2.45) is 10.7 Å². The molecule has 0 aliphatic heterocycles. The molecule has 0 radical (unpaired) electrons. The minimum absolute atomic E-state index is 0. The molecule has 0 unspecified atom stereocenters. The van der Waals surface area contributed by atoms with Gasteiger partial charge < -0.3 is 16.2 Å². The third-order valence-corrected chi connectivity index (χ3v) is 1.93. The topological polar surface area (TPSA) is 70.6 Å². The zero-order chi connectivity index (χ0) is 10.6. The van der Waals surface area contributed by atoms with Gasteiger partial charge in [-0.3, -0.25) is 4.99 Å². The van der Waals surface area contributed by atoms with Crippen molar-refractivity contribution < 1.29 is 5.11 Å². The van der Waals surface area contributed by atoms with E-state index in [1.54, 1.807) is 0 Å². The van der Waals surface area contributed by atoms with E-state index >= 15 is 0 Å². The van der Waals surface area contributed by atoms with Gasteiger partial charge in [0.05, 0.1) is 0 Å². The molecule has 0 rings (SSSR count). The van der Waals surface area contributed by atoms with Gasteiger partial charge in [-0.25, -0.2) is 0 Å². The lowest BCUT2D eigenvalue weighted by Gasteiger charge is -2.04. The zero-order valence-electron chi connectivity index (χ0n) is 9.54. The van der Waals surface area contributed by atoms with Crippen molar-refractivity contribution >= 4 is 29.9 Å². The van der Waals surface area contributed by atoms with Crippen LogP contribution >= 0.6 is 24.0 Å². The second kappa shape index (κ2) is 14.0. The van der Waals surface area contributed by atoms with E-state index in [1.807, 2.05) is 0 Å². The standard InChI is InChI=1S/C10H23N3O.HI/c1-2-3-4-5-7-12-10(11)13-8-6-9-14;/h14H,2-9H2,1H3,(H3,11,12,13);1H. The summed E-state index contributed by atoms with van der Waals surface area (Å²) in [5, 5.41) is 11.6. The van der Waals surface area contributed by atoms with E-state index in [9.17, 15) is 0 Å². The number of hydrogen-bond acceptors (Lipinski definition) is 2. The Morgan fingerprint density at radius 1 is 1.27 bits per heavy atom. The number of guanidine groups is 1. The van der Waals surface area contributed by atoms with E-state index in [2.05, 4.69) is 17.2 Å². The monoisotopic (exact) mass is 329 g/mol. The maximum Gasteiger partial charge on any atom is 0.188 e. The fourth-order valence-corrected chi connectivity index (χ4v) is 1.09. The molecule has 5 heteroatoms. The van der Waals surface area contributed by atoms with Gasteiger partial charge in [-0.1, -0.05) is 26.2 Å². The number of nitrogens with two attached hydrogens (primary N) is 1. The molecular formula is C10H24IN3O. The number of hydrogen-bond donors (Lipinski definition) is 3. The quantitative estimate of drug-likeness (QED) is 0.273. The Balaban J connectivity index is 0. The highest BCUT2D eigenvalue weighted by atomic mass is 127. The lowest BCUT2D eigenvalue weighted by Crippen LogP contribution is -2.32. The highest BCUT2D eigenvalue weighted by Crippen LogP contribution is 1.96. The summed E-state index contributed by atoms with van der Waals surface area (Å²) in [4.78, 5) is 4.06. The number of nitrogens with zero attached hydrogens (tertiary/aromatic N) is 1. The largest absolute Gasteiger partial charge is 0.396 e. The number of nitrogens with one attached hydrogen (secondary N) is 1. The molecule has 0 amide bonds. The van der Waals surface area contributed by atoms with Gasteiger partial charge in [-0.05, 0) is 12.8 Å². The molecule has 4 nitrogen and oxygen atoms in total. The van der Waals surface area contributed by atoms with Crippen molar-refractivity contribution in [2.75, 3.05) is 19.7 Å². The van der Waals surface area contributed by atoms with Gasteiger partial charge in [0.1, 0.15) is 0 Å². The van der Waals surface area contributed by atoms with Crippen molar-refractivity contribution in [3.8, 4) is 0 Å². The third-order valence-electron chi connectivity index (χ3n) is 1.93. The molecule has 0 saturated heterocycles. The number of halogens is 1. The van der Waals surface area contributed by atoms with Gasteiger partial charge in [0.2, 0.25) is 0 Å². The molecule has 0 aromatic rings. The average molecular weight is 329 g/mol. The number of aliphatic hydroxyl groups excluding tert-OH is 1. The van der Waals surface area contributed by atoms with Crippen LogP contribution in [0.15, 0.2) is 4.99 Å². The van der Waals surface area contributed by atoms with E-state index in [0.717, 1.165) is 13.0 Å². The van der Waals surface area contributed by atoms with Gasteiger partial charge in [0.25, 0.3) is 0 Å². The minimum atomic E-state index is 0. The SMILES string of the molecule is CCCCCCNC(N)=NCCCO.I. The fourth-order valence-electron chi connectivity index (χ4n) is 1.09. The highest BCUT2D eigenvalue weighted by molar-refractivity contribution is 14.0. The first kappa shape index (κ1) is 17.4. The summed E-state index contributed by atoms with van der Waals surface area (Å²) in [6.07, 6.45) is 5.60. The fraction of sp³-hybridized carbons (Fsp3) is 0.900. The molecule has 15 heavy (non-hydrogen) atoms. The summed E-state index contributed by atoms with van der Waals surface area (Å²) in [5.74, 6) is 0.495. The molecular weight excluding hydrogens is 305 g/mol. The Kier molecular flexibility index (Phi) is 16.2. The summed E-state index contributed by atoms with van der Waals surface area (Å²) in [6.45, 7) is 3.87. The molecule has 92 valence electrons. The predicted octanol–water partition coefficient (Wildman–Crippen LogP) is 1.47. The Bertz CT molecular complexity index is 154. The van der Waals surface area contributed by atoms with Crippen LogP contribution in [0.2, 0.25) is 0 Å². The number of aliphatic hydroxyl groups is 1. The van der Waals surface area contributed by atoms with Crippen LogP contribution in [0.5, 0.6) is 0 Å². The van der Waals surface area contributed by atoms with E-state index in [-0.39, 0.29) is 30.6 Å². The van der Waals surface area contributed by atoms with Gasteiger partial charge in [0, 0.05) is 19.7 Å². The summed E-state index contributed by atoms with van der Waals surface area (Å²) in [6, 6.07) is 0. The molecule has 0 bridgehead atoms. The first-order chi connectivity index (χ1) is 6.81. The van der Waals surface area contributed by atoms with Gasteiger partial charge in [-0.2, -0.15) is 0 Å². The Hall–Kier alpha value is -0.0400. The van der Waals surface area contributed by atoms with Crippen molar-refractivity contribution in [3.63, 3.8) is 0 Å². The molecule has 0 fully saturated rings. The lowest BCUT2D eigenvalue weighted by atomic mass is 10.2. The number of unbranched alkanes of at least 4 members (excludes halogenated alkanes) is 3. The first-order valence-corrected chi connectivity index (χ1v) is 5.46. The van der Waals surface area contributed by atoms with Crippen LogP contribution in [-0.4, -0.2) is 30.8 Å². The van der Waals surface area contributed by atoms with Crippen LogP contribution in [0.3, 0.4) is 0 Å². The Morgan fingerprint density at radius 3 is 2.60 bits per heavy atom. The molecule has 4 N–H and O–H groups in total. The molecule has 0 aliphatic rings. The lowest BCUT2D eigenvalue weighted by molar-refractivity contribution is 0.291. The average Bonchev–Trinajstić information content (AvgIpc) is 2.18. The van der Waals surface area contributed by atoms with E-state index < -0.39 is 0 Å². The smallest absolute Gasteiger partial charge is 0.188 e. The van der Waals surface area contributed by atoms with Crippen molar-refractivity contribution in [2.45, 2.75) is 39.0 Å². The molecule has 0 heterocycles. The Labute approximate surface area is 110 Å². The number of rotatable bonds is 8. The van der Waals surface area contributed by atoms with Crippen LogP contribution in [0.1, 0.15) is 39.0 Å². The van der Waals surface area contributed by atoms with Crippen molar-refractivity contribution in [3.05, 3.63) is 0 Å². The molecule has 0 spiro atoms. The van der Waals surface area contributed by atoms with Crippen LogP contribution in [-0.2, 0) is 0 Å². The Morgan fingerprint density at radius 2 is 2.00 bits per heavy atom. The second-order valence-electron chi connectivity index (χ2n) is 3.33. The maximum atomic E-state index is 8.52. The minimum Gasteiger partial charge on any atom is -0.396 e. The molecule has 0 atom stereocenters. The highest BCUT2D eigenvalue weighted by Gasteiger charge is 1.91. The molecule has 0 aliphatic carbocycles. The summed E-state index contributed by atoms with van der Waals surface area (Å²) in [7, 11) is 0. The second-order valence-corrected chi connectivity index (χ2v) is 3.33. The van der Waals surface area contributed by atoms with Gasteiger partial charge in [0.15, 0.2) is 5.96 Å². The van der Waals surface area contributed by atoms with Crippen molar-refractivity contribution in [1.82, 2.24) is 5.32 Å². The van der Waals surface area contributed by atoms with E-state index in [0.29, 0.717) is 18.9 Å². The zero-order valence-corrected chi connectivity index (χ0v) is 11.9. The number of aliphatic imine (C=N–C) groups is 1. The van der Waals surface area contributed by atoms with E-state index in [4.69, 9.17) is 10.8 Å². The summed E-state index contributed by atoms with van der Waals surface area (Å²) < 4.78 is 0. The summed E-state index contributed by atoms with van der Waals surface area (Å²) in [5.41, 5.74) is 5.59. The third kappa shape index (κ3) is 14.0. The van der Waals surface area contributed by atoms with Crippen LogP contribution < -0.4 is 11.1 Å².